The Morgan fingerprint density at radius 2 is 0.850 bits per heavy atom. The summed E-state index contributed by atoms with van der Waals surface area (Å²) in [5.41, 5.74) is 2.12. The summed E-state index contributed by atoms with van der Waals surface area (Å²) in [6, 6.07) is 21.4. The number of para-hydroxylation sites is 4. The molecular weight excluding hydrogens is 550 g/mol. The van der Waals surface area contributed by atoms with Gasteiger partial charge in [-0.05, 0) is 59.4 Å². The standard InChI is InChI=1S/C30H28O8P2/c1-17(2)19-13-15-21(31)27(29(19)37-39-33-23-9-5-6-10-24(23)34-39)28-22(32)16-14-20(18(3)4)30(28)38-40-35-25-11-7-8-12-26(25)36-40/h5-18,31-32H,1-4H3. The highest BCUT2D eigenvalue weighted by Gasteiger charge is 2.36. The van der Waals surface area contributed by atoms with Crippen LogP contribution in [0.1, 0.15) is 50.7 Å². The van der Waals surface area contributed by atoms with Gasteiger partial charge in [0.15, 0.2) is 23.0 Å². The van der Waals surface area contributed by atoms with Crippen molar-refractivity contribution in [2.75, 3.05) is 0 Å². The summed E-state index contributed by atoms with van der Waals surface area (Å²) >= 11 is 0. The molecule has 0 spiro atoms. The van der Waals surface area contributed by atoms with Crippen LogP contribution in [0.4, 0.5) is 0 Å². The molecule has 2 heterocycles. The zero-order valence-electron chi connectivity index (χ0n) is 22.3. The van der Waals surface area contributed by atoms with E-state index in [1.807, 2.05) is 52.0 Å². The van der Waals surface area contributed by atoms with Crippen molar-refractivity contribution < 1.29 is 37.4 Å². The third-order valence-electron chi connectivity index (χ3n) is 6.55. The van der Waals surface area contributed by atoms with Crippen molar-refractivity contribution in [1.82, 2.24) is 0 Å². The summed E-state index contributed by atoms with van der Waals surface area (Å²) in [5.74, 6) is 2.79. The van der Waals surface area contributed by atoms with Gasteiger partial charge in [-0.3, -0.25) is 0 Å². The van der Waals surface area contributed by atoms with Crippen molar-refractivity contribution in [1.29, 1.82) is 0 Å². The molecule has 0 aromatic heterocycles. The molecule has 2 aliphatic rings. The Kier molecular flexibility index (Phi) is 6.99. The van der Waals surface area contributed by atoms with Crippen LogP contribution in [-0.2, 0) is 0 Å². The first-order valence-corrected chi connectivity index (χ1v) is 15.1. The van der Waals surface area contributed by atoms with Gasteiger partial charge in [-0.25, -0.2) is 0 Å². The van der Waals surface area contributed by atoms with Gasteiger partial charge in [0, 0.05) is 0 Å². The van der Waals surface area contributed by atoms with E-state index in [0.717, 1.165) is 11.1 Å². The minimum absolute atomic E-state index is 0.00879. The topological polar surface area (TPSA) is 95.8 Å². The molecule has 0 aliphatic carbocycles. The second-order valence-electron chi connectivity index (χ2n) is 9.95. The van der Waals surface area contributed by atoms with E-state index in [0.29, 0.717) is 34.5 Å². The van der Waals surface area contributed by atoms with Crippen molar-refractivity contribution in [2.24, 2.45) is 0 Å². The van der Waals surface area contributed by atoms with Crippen LogP contribution < -0.4 is 27.1 Å². The highest BCUT2D eigenvalue weighted by Crippen LogP contribution is 2.60. The first-order chi connectivity index (χ1) is 19.3. The van der Waals surface area contributed by atoms with Gasteiger partial charge >= 0.3 is 17.2 Å². The number of benzene rings is 4. The lowest BCUT2D eigenvalue weighted by atomic mass is 9.91. The largest absolute Gasteiger partial charge is 0.530 e. The highest BCUT2D eigenvalue weighted by molar-refractivity contribution is 7.43. The van der Waals surface area contributed by atoms with Crippen LogP contribution in [0, 0.1) is 0 Å². The van der Waals surface area contributed by atoms with Crippen LogP contribution in [0.15, 0.2) is 72.8 Å². The summed E-state index contributed by atoms with van der Waals surface area (Å²) < 4.78 is 36.6. The number of hydrogen-bond donors (Lipinski definition) is 2. The predicted molar refractivity (Wildman–Crippen MR) is 154 cm³/mol. The molecule has 40 heavy (non-hydrogen) atoms. The Bertz CT molecular complexity index is 1400. The Morgan fingerprint density at radius 1 is 0.525 bits per heavy atom. The monoisotopic (exact) mass is 578 g/mol. The second-order valence-corrected chi connectivity index (χ2v) is 11.9. The van der Waals surface area contributed by atoms with Gasteiger partial charge in [0.25, 0.3) is 0 Å². The lowest BCUT2D eigenvalue weighted by Crippen LogP contribution is -2.04. The molecule has 0 fully saturated rings. The van der Waals surface area contributed by atoms with Gasteiger partial charge in [-0.2, -0.15) is 0 Å². The Hall–Kier alpha value is -3.86. The highest BCUT2D eigenvalue weighted by atomic mass is 31.2. The molecule has 0 saturated carbocycles. The van der Waals surface area contributed by atoms with E-state index in [-0.39, 0.29) is 34.5 Å². The van der Waals surface area contributed by atoms with E-state index in [1.165, 1.54) is 0 Å². The van der Waals surface area contributed by atoms with E-state index in [4.69, 9.17) is 27.1 Å². The lowest BCUT2D eigenvalue weighted by molar-refractivity contribution is 0.419. The predicted octanol–water partition coefficient (Wildman–Crippen LogP) is 9.17. The van der Waals surface area contributed by atoms with Gasteiger partial charge in [0.2, 0.25) is 0 Å². The van der Waals surface area contributed by atoms with E-state index in [1.54, 1.807) is 48.5 Å². The summed E-state index contributed by atoms with van der Waals surface area (Å²) in [6.07, 6.45) is 0. The fourth-order valence-corrected chi connectivity index (χ4v) is 6.71. The zero-order chi connectivity index (χ0) is 28.0. The fourth-order valence-electron chi connectivity index (χ4n) is 4.55. The maximum atomic E-state index is 11.3. The maximum Gasteiger partial charge on any atom is 0.530 e. The summed E-state index contributed by atoms with van der Waals surface area (Å²) in [4.78, 5) is 0. The molecule has 4 aromatic carbocycles. The minimum atomic E-state index is -1.87. The third-order valence-corrected chi connectivity index (χ3v) is 8.59. The molecule has 0 radical (unpaired) electrons. The SMILES string of the molecule is CC(C)c1ccc(O)c(-c2c(O)ccc(C(C)C)c2OP2Oc3ccccc3O2)c1OP1Oc2ccccc2O1. The average Bonchev–Trinajstić information content (AvgIpc) is 3.52. The first kappa shape index (κ1) is 26.4. The van der Waals surface area contributed by atoms with E-state index >= 15 is 0 Å². The van der Waals surface area contributed by atoms with Gasteiger partial charge in [0.05, 0.1) is 11.1 Å². The van der Waals surface area contributed by atoms with Crippen LogP contribution >= 0.6 is 17.2 Å². The molecule has 8 nitrogen and oxygen atoms in total. The Morgan fingerprint density at radius 3 is 1.15 bits per heavy atom. The molecule has 2 N–H and O–H groups in total. The molecule has 0 unspecified atom stereocenters. The van der Waals surface area contributed by atoms with Crippen LogP contribution in [0.25, 0.3) is 11.1 Å². The molecule has 0 bridgehead atoms. The second kappa shape index (κ2) is 10.6. The zero-order valence-corrected chi connectivity index (χ0v) is 24.1. The molecule has 206 valence electrons. The fraction of sp³-hybridized carbons (Fsp3) is 0.200. The van der Waals surface area contributed by atoms with Crippen molar-refractivity contribution >= 4 is 17.2 Å². The quantitative estimate of drug-likeness (QED) is 0.210. The summed E-state index contributed by atoms with van der Waals surface area (Å²) in [7, 11) is -3.74. The number of phenolic OH excluding ortho intramolecular Hbond substituents is 2. The molecule has 4 aromatic rings. The first-order valence-electron chi connectivity index (χ1n) is 12.9. The normalized spacial score (nSPS) is 14.2. The summed E-state index contributed by atoms with van der Waals surface area (Å²) in [5, 5.41) is 22.6. The van der Waals surface area contributed by atoms with Gasteiger partial charge < -0.3 is 37.4 Å². The molecular formula is C30H28O8P2. The number of phenols is 2. The number of rotatable bonds is 7. The third kappa shape index (κ3) is 4.83. The van der Waals surface area contributed by atoms with Gasteiger partial charge in [-0.15, -0.1) is 0 Å². The molecule has 2 aliphatic heterocycles. The number of fused-ring (bicyclic) bond motifs is 2. The van der Waals surface area contributed by atoms with Crippen molar-refractivity contribution in [3.63, 3.8) is 0 Å². The Labute approximate surface area is 235 Å². The number of aromatic hydroxyl groups is 2. The maximum absolute atomic E-state index is 11.3. The lowest BCUT2D eigenvalue weighted by Gasteiger charge is -2.24. The minimum Gasteiger partial charge on any atom is -0.507 e. The summed E-state index contributed by atoms with van der Waals surface area (Å²) in [6.45, 7) is 8.07. The van der Waals surface area contributed by atoms with Crippen LogP contribution in [-0.4, -0.2) is 10.2 Å². The molecule has 0 saturated heterocycles. The molecule has 6 rings (SSSR count). The molecule has 0 amide bonds. The van der Waals surface area contributed by atoms with E-state index in [2.05, 4.69) is 0 Å². The molecule has 0 atom stereocenters. The van der Waals surface area contributed by atoms with E-state index < -0.39 is 17.2 Å². The van der Waals surface area contributed by atoms with Crippen LogP contribution in [0.3, 0.4) is 0 Å². The average molecular weight is 578 g/mol. The van der Waals surface area contributed by atoms with Crippen molar-refractivity contribution in [3.05, 3.63) is 83.9 Å². The van der Waals surface area contributed by atoms with Crippen molar-refractivity contribution in [2.45, 2.75) is 39.5 Å². The van der Waals surface area contributed by atoms with Crippen molar-refractivity contribution in [3.8, 4) is 57.1 Å². The molecule has 10 heteroatoms. The van der Waals surface area contributed by atoms with Gasteiger partial charge in [0.1, 0.15) is 23.0 Å². The van der Waals surface area contributed by atoms with E-state index in [9.17, 15) is 10.2 Å². The van der Waals surface area contributed by atoms with Crippen LogP contribution in [0.2, 0.25) is 0 Å². The smallest absolute Gasteiger partial charge is 0.507 e. The van der Waals surface area contributed by atoms with Gasteiger partial charge in [-0.1, -0.05) is 64.1 Å². The number of hydrogen-bond acceptors (Lipinski definition) is 8. The Balaban J connectivity index is 1.47. The van der Waals surface area contributed by atoms with Crippen LogP contribution in [0.5, 0.6) is 46.0 Å².